The van der Waals surface area contributed by atoms with Crippen molar-refractivity contribution in [3.63, 3.8) is 0 Å². The van der Waals surface area contributed by atoms with E-state index in [2.05, 4.69) is 5.32 Å². The zero-order valence-electron chi connectivity index (χ0n) is 13.2. The lowest BCUT2D eigenvalue weighted by Gasteiger charge is -2.23. The molecule has 0 saturated carbocycles. The first-order chi connectivity index (χ1) is 11.3. The van der Waals surface area contributed by atoms with Crippen LogP contribution < -0.4 is 5.32 Å². The van der Waals surface area contributed by atoms with Crippen LogP contribution in [0.3, 0.4) is 0 Å². The molecule has 1 fully saturated rings. The molecule has 1 aliphatic rings. The van der Waals surface area contributed by atoms with E-state index in [1.54, 1.807) is 37.4 Å². The number of carbonyl (C=O) groups excluding carboxylic acids is 2. The third-order valence-corrected chi connectivity index (χ3v) is 5.82. The van der Waals surface area contributed by atoms with E-state index in [-0.39, 0.29) is 30.0 Å². The fraction of sp³-hybridized carbons (Fsp3) is 0.375. The van der Waals surface area contributed by atoms with Crippen molar-refractivity contribution in [3.8, 4) is 0 Å². The average molecular weight is 371 g/mol. The maximum Gasteiger partial charge on any atom is 0.244 e. The number of benzene rings is 1. The molecule has 130 valence electrons. The number of hydrogen-bond acceptors (Lipinski definition) is 4. The third-order valence-electron chi connectivity index (χ3n) is 3.84. The Morgan fingerprint density at radius 2 is 2.17 bits per heavy atom. The van der Waals surface area contributed by atoms with Crippen LogP contribution >= 0.6 is 11.6 Å². The summed E-state index contributed by atoms with van der Waals surface area (Å²) >= 11 is 5.85. The minimum absolute atomic E-state index is 0.0160. The monoisotopic (exact) mass is 370 g/mol. The predicted molar refractivity (Wildman–Crippen MR) is 93.3 cm³/mol. The summed E-state index contributed by atoms with van der Waals surface area (Å²) in [5.74, 6) is -0.639. The number of nitrogens with one attached hydrogen (secondary N) is 1. The molecule has 6 nitrogen and oxygen atoms in total. The first kappa shape index (κ1) is 18.5. The second-order valence-electron chi connectivity index (χ2n) is 5.67. The molecule has 1 heterocycles. The molecule has 0 aliphatic carbocycles. The lowest BCUT2D eigenvalue weighted by atomic mass is 10.2. The molecule has 0 radical (unpaired) electrons. The van der Waals surface area contributed by atoms with Gasteiger partial charge in [0.15, 0.2) is 9.84 Å². The summed E-state index contributed by atoms with van der Waals surface area (Å²) in [4.78, 5) is 25.2. The summed E-state index contributed by atoms with van der Waals surface area (Å²) in [5.41, 5.74) is 0.775. The first-order valence-electron chi connectivity index (χ1n) is 7.44. The van der Waals surface area contributed by atoms with Crippen molar-refractivity contribution in [2.24, 2.45) is 0 Å². The Bertz CT molecular complexity index is 761. The van der Waals surface area contributed by atoms with E-state index in [0.29, 0.717) is 11.4 Å². The van der Waals surface area contributed by atoms with Gasteiger partial charge in [0, 0.05) is 24.2 Å². The fourth-order valence-corrected chi connectivity index (χ4v) is 4.39. The molecule has 0 spiro atoms. The first-order valence-corrected chi connectivity index (χ1v) is 9.64. The van der Waals surface area contributed by atoms with Crippen molar-refractivity contribution >= 4 is 39.3 Å². The summed E-state index contributed by atoms with van der Waals surface area (Å²) < 4.78 is 22.9. The molecular weight excluding hydrogens is 352 g/mol. The van der Waals surface area contributed by atoms with Crippen molar-refractivity contribution in [2.45, 2.75) is 12.5 Å². The van der Waals surface area contributed by atoms with Gasteiger partial charge < -0.3 is 10.2 Å². The molecule has 1 aromatic carbocycles. The molecule has 8 heteroatoms. The lowest BCUT2D eigenvalue weighted by molar-refractivity contribution is -0.132. The Kier molecular flexibility index (Phi) is 6.01. The predicted octanol–water partition coefficient (Wildman–Crippen LogP) is 1.11. The highest BCUT2D eigenvalue weighted by molar-refractivity contribution is 7.91. The fourth-order valence-electron chi connectivity index (χ4n) is 2.41. The van der Waals surface area contributed by atoms with Gasteiger partial charge in [-0.15, -0.1) is 0 Å². The molecule has 1 atom stereocenters. The van der Waals surface area contributed by atoms with Crippen molar-refractivity contribution < 1.29 is 18.0 Å². The Labute approximate surface area is 146 Å². The molecular formula is C16H19ClN2O4S. The summed E-state index contributed by atoms with van der Waals surface area (Å²) in [5, 5.41) is 3.06. The van der Waals surface area contributed by atoms with E-state index in [9.17, 15) is 18.0 Å². The van der Waals surface area contributed by atoms with Gasteiger partial charge in [-0.05, 0) is 30.2 Å². The Hall–Kier alpha value is -1.86. The number of sulfone groups is 1. The Morgan fingerprint density at radius 3 is 2.79 bits per heavy atom. The number of amides is 2. The number of nitrogens with zero attached hydrogens (tertiary/aromatic N) is 1. The summed E-state index contributed by atoms with van der Waals surface area (Å²) in [6.45, 7) is -0.175. The highest BCUT2D eigenvalue weighted by Gasteiger charge is 2.32. The maximum absolute atomic E-state index is 12.0. The largest absolute Gasteiger partial charge is 0.343 e. The second-order valence-corrected chi connectivity index (χ2v) is 8.33. The van der Waals surface area contributed by atoms with E-state index in [1.165, 1.54) is 11.0 Å². The van der Waals surface area contributed by atoms with Crippen LogP contribution in [0, 0.1) is 0 Å². The molecule has 2 rings (SSSR count). The van der Waals surface area contributed by atoms with Crippen molar-refractivity contribution in [2.75, 3.05) is 25.1 Å². The van der Waals surface area contributed by atoms with E-state index in [4.69, 9.17) is 11.6 Å². The normalized spacial score (nSPS) is 19.3. The zero-order chi connectivity index (χ0) is 17.7. The SMILES string of the molecule is CN(C(=O)CNC(=O)/C=C/c1cccc(Cl)c1)C1CCS(=O)(=O)C1. The van der Waals surface area contributed by atoms with Crippen LogP contribution in [0.4, 0.5) is 0 Å². The standard InChI is InChI=1S/C16H19ClN2O4S/c1-19(14-7-8-24(22,23)11-14)16(21)10-18-15(20)6-5-12-3-2-4-13(17)9-12/h2-6,9,14H,7-8,10-11H2,1H3,(H,18,20)/b6-5+. The molecule has 0 aromatic heterocycles. The van der Waals surface area contributed by atoms with Gasteiger partial charge in [-0.25, -0.2) is 8.42 Å². The smallest absolute Gasteiger partial charge is 0.244 e. The van der Waals surface area contributed by atoms with Gasteiger partial charge in [0.25, 0.3) is 0 Å². The van der Waals surface area contributed by atoms with Crippen LogP contribution in [0.25, 0.3) is 6.08 Å². The van der Waals surface area contributed by atoms with Crippen LogP contribution in [-0.2, 0) is 19.4 Å². The van der Waals surface area contributed by atoms with Gasteiger partial charge in [-0.3, -0.25) is 9.59 Å². The molecule has 1 saturated heterocycles. The number of hydrogen-bond donors (Lipinski definition) is 1. The zero-order valence-corrected chi connectivity index (χ0v) is 14.8. The van der Waals surface area contributed by atoms with E-state index in [0.717, 1.165) is 5.56 Å². The van der Waals surface area contributed by atoms with Crippen molar-refractivity contribution in [1.29, 1.82) is 0 Å². The minimum Gasteiger partial charge on any atom is -0.343 e. The number of carbonyl (C=O) groups is 2. The van der Waals surface area contributed by atoms with Crippen LogP contribution in [0.15, 0.2) is 30.3 Å². The number of halogens is 1. The van der Waals surface area contributed by atoms with Gasteiger partial charge in [-0.1, -0.05) is 23.7 Å². The van der Waals surface area contributed by atoms with Gasteiger partial charge in [0.05, 0.1) is 18.1 Å². The molecule has 0 bridgehead atoms. The van der Waals surface area contributed by atoms with Crippen LogP contribution in [0.1, 0.15) is 12.0 Å². The Balaban J connectivity index is 1.82. The highest BCUT2D eigenvalue weighted by Crippen LogP contribution is 2.16. The number of rotatable bonds is 5. The van der Waals surface area contributed by atoms with Crippen LogP contribution in [0.5, 0.6) is 0 Å². The summed E-state index contributed by atoms with van der Waals surface area (Å²) in [7, 11) is -1.49. The summed E-state index contributed by atoms with van der Waals surface area (Å²) in [6.07, 6.45) is 3.35. The van der Waals surface area contributed by atoms with Crippen LogP contribution in [0.2, 0.25) is 5.02 Å². The quantitative estimate of drug-likeness (QED) is 0.787. The number of likely N-dealkylation sites (N-methyl/N-ethyl adjacent to an activating group) is 1. The average Bonchev–Trinajstić information content (AvgIpc) is 2.90. The molecule has 1 aliphatic heterocycles. The highest BCUT2D eigenvalue weighted by atomic mass is 35.5. The van der Waals surface area contributed by atoms with E-state index < -0.39 is 15.7 Å². The molecule has 1 aromatic rings. The molecule has 2 amide bonds. The molecule has 1 unspecified atom stereocenters. The lowest BCUT2D eigenvalue weighted by Crippen LogP contribution is -2.43. The van der Waals surface area contributed by atoms with Crippen molar-refractivity contribution in [3.05, 3.63) is 40.9 Å². The van der Waals surface area contributed by atoms with Crippen molar-refractivity contribution in [1.82, 2.24) is 10.2 Å². The summed E-state index contributed by atoms with van der Waals surface area (Å²) in [6, 6.07) is 6.70. The molecule has 24 heavy (non-hydrogen) atoms. The van der Waals surface area contributed by atoms with Gasteiger partial charge >= 0.3 is 0 Å². The Morgan fingerprint density at radius 1 is 1.42 bits per heavy atom. The third kappa shape index (κ3) is 5.35. The van der Waals surface area contributed by atoms with Crippen LogP contribution in [-0.4, -0.2) is 56.3 Å². The van der Waals surface area contributed by atoms with Gasteiger partial charge in [-0.2, -0.15) is 0 Å². The van der Waals surface area contributed by atoms with E-state index in [1.807, 2.05) is 0 Å². The topological polar surface area (TPSA) is 83.6 Å². The van der Waals surface area contributed by atoms with Gasteiger partial charge in [0.1, 0.15) is 0 Å². The second kappa shape index (κ2) is 7.81. The maximum atomic E-state index is 12.0. The van der Waals surface area contributed by atoms with Gasteiger partial charge in [0.2, 0.25) is 11.8 Å². The molecule has 1 N–H and O–H groups in total. The van der Waals surface area contributed by atoms with E-state index >= 15 is 0 Å². The minimum atomic E-state index is -3.05.